The summed E-state index contributed by atoms with van der Waals surface area (Å²) in [6.45, 7) is 4.33. The quantitative estimate of drug-likeness (QED) is 0.0420. The molecule has 0 aromatic heterocycles. The van der Waals surface area contributed by atoms with Crippen LogP contribution in [-0.2, 0) is 4.79 Å². The molecule has 3 N–H and O–H groups in total. The maximum Gasteiger partial charge on any atom is 0.220 e. The predicted octanol–water partition coefficient (Wildman–Crippen LogP) is 21.2. The fourth-order valence-electron chi connectivity index (χ4n) is 10.0. The smallest absolute Gasteiger partial charge is 0.220 e. The van der Waals surface area contributed by atoms with Crippen molar-refractivity contribution in [2.24, 2.45) is 0 Å². The lowest BCUT2D eigenvalue weighted by Crippen LogP contribution is -2.45. The predicted molar refractivity (Wildman–Crippen MR) is 308 cm³/mol. The first-order chi connectivity index (χ1) is 34.2. The molecular formula is C65H125NO3. The minimum Gasteiger partial charge on any atom is -0.394 e. The number of rotatable bonds is 59. The van der Waals surface area contributed by atoms with Crippen molar-refractivity contribution >= 4 is 5.91 Å². The van der Waals surface area contributed by atoms with Gasteiger partial charge in [0.05, 0.1) is 18.8 Å². The van der Waals surface area contributed by atoms with Gasteiger partial charge < -0.3 is 15.5 Å². The summed E-state index contributed by atoms with van der Waals surface area (Å²) in [6.07, 6.45) is 83.6. The van der Waals surface area contributed by atoms with Crippen molar-refractivity contribution in [1.82, 2.24) is 5.32 Å². The summed E-state index contributed by atoms with van der Waals surface area (Å²) < 4.78 is 0. The summed E-state index contributed by atoms with van der Waals surface area (Å²) >= 11 is 0. The van der Waals surface area contributed by atoms with E-state index in [2.05, 4.69) is 43.5 Å². The third kappa shape index (κ3) is 57.4. The second kappa shape index (κ2) is 60.9. The summed E-state index contributed by atoms with van der Waals surface area (Å²) in [6, 6.07) is -0.637. The Morgan fingerprint density at radius 3 is 0.841 bits per heavy atom. The average Bonchev–Trinajstić information content (AvgIpc) is 3.35. The number of aliphatic hydroxyl groups excluding tert-OH is 2. The van der Waals surface area contributed by atoms with Gasteiger partial charge >= 0.3 is 0 Å². The van der Waals surface area contributed by atoms with Crippen LogP contribution in [0.3, 0.4) is 0 Å². The fourth-order valence-corrected chi connectivity index (χ4v) is 10.0. The van der Waals surface area contributed by atoms with Crippen molar-refractivity contribution in [3.63, 3.8) is 0 Å². The van der Waals surface area contributed by atoms with Gasteiger partial charge in [0.25, 0.3) is 0 Å². The van der Waals surface area contributed by atoms with Gasteiger partial charge in [-0.2, -0.15) is 0 Å². The van der Waals surface area contributed by atoms with Gasteiger partial charge in [0, 0.05) is 6.42 Å². The molecule has 0 aliphatic rings. The number of carbonyl (C=O) groups excluding carboxylic acids is 1. The third-order valence-corrected chi connectivity index (χ3v) is 14.8. The molecular weight excluding hydrogens is 843 g/mol. The molecule has 408 valence electrons. The third-order valence-electron chi connectivity index (χ3n) is 14.8. The highest BCUT2D eigenvalue weighted by atomic mass is 16.3. The number of aliphatic hydroxyl groups is 2. The van der Waals surface area contributed by atoms with Crippen LogP contribution in [0.5, 0.6) is 0 Å². The highest BCUT2D eigenvalue weighted by Gasteiger charge is 2.18. The molecule has 0 fully saturated rings. The highest BCUT2D eigenvalue weighted by Crippen LogP contribution is 2.18. The van der Waals surface area contributed by atoms with Gasteiger partial charge in [-0.1, -0.05) is 326 Å². The van der Waals surface area contributed by atoms with Crippen molar-refractivity contribution in [3.05, 3.63) is 36.5 Å². The zero-order chi connectivity index (χ0) is 49.9. The van der Waals surface area contributed by atoms with Crippen LogP contribution in [0, 0.1) is 0 Å². The van der Waals surface area contributed by atoms with E-state index in [9.17, 15) is 15.0 Å². The van der Waals surface area contributed by atoms with Gasteiger partial charge in [0.15, 0.2) is 0 Å². The zero-order valence-electron chi connectivity index (χ0n) is 47.1. The van der Waals surface area contributed by atoms with Crippen LogP contribution >= 0.6 is 0 Å². The number of allylic oxidation sites excluding steroid dienone is 5. The van der Waals surface area contributed by atoms with Gasteiger partial charge in [-0.05, 0) is 57.8 Å². The number of amides is 1. The Hall–Kier alpha value is -1.39. The van der Waals surface area contributed by atoms with E-state index in [1.807, 2.05) is 6.08 Å². The van der Waals surface area contributed by atoms with Gasteiger partial charge in [0.2, 0.25) is 5.91 Å². The van der Waals surface area contributed by atoms with Crippen LogP contribution in [0.25, 0.3) is 0 Å². The van der Waals surface area contributed by atoms with Crippen LogP contribution in [0.4, 0.5) is 0 Å². The van der Waals surface area contributed by atoms with E-state index in [1.165, 1.54) is 302 Å². The minimum absolute atomic E-state index is 0.0669. The Morgan fingerprint density at radius 1 is 0.333 bits per heavy atom. The Balaban J connectivity index is 3.40. The maximum absolute atomic E-state index is 12.5. The molecule has 4 heteroatoms. The number of nitrogens with one attached hydrogen (secondary N) is 1. The van der Waals surface area contributed by atoms with Crippen molar-refractivity contribution in [1.29, 1.82) is 0 Å². The van der Waals surface area contributed by atoms with Crippen LogP contribution in [0.15, 0.2) is 36.5 Å². The largest absolute Gasteiger partial charge is 0.394 e. The molecule has 0 aliphatic heterocycles. The van der Waals surface area contributed by atoms with Crippen molar-refractivity contribution in [2.75, 3.05) is 6.61 Å². The molecule has 0 saturated heterocycles. The average molecular weight is 969 g/mol. The standard InChI is InChI=1S/C65H125NO3/c1-3-5-7-9-11-13-15-17-19-21-23-24-25-26-27-28-29-30-31-32-33-34-35-36-37-38-39-40-41-42-43-45-47-49-51-53-55-57-59-61-65(69)66-63(62-67)64(68)60-58-56-54-52-50-48-46-44-22-20-18-16-14-12-10-8-6-4-2/h21,23,50,52,58,60,63-64,67-68H,3-20,22,24-49,51,53-57,59,61-62H2,1-2H3,(H,66,69)/b23-21-,52-50+,60-58+. The number of hydrogen-bond acceptors (Lipinski definition) is 3. The van der Waals surface area contributed by atoms with Gasteiger partial charge in [-0.15, -0.1) is 0 Å². The van der Waals surface area contributed by atoms with E-state index in [1.54, 1.807) is 6.08 Å². The van der Waals surface area contributed by atoms with Gasteiger partial charge in [0.1, 0.15) is 0 Å². The lowest BCUT2D eigenvalue weighted by atomic mass is 10.0. The molecule has 0 bridgehead atoms. The summed E-state index contributed by atoms with van der Waals surface area (Å²) in [7, 11) is 0. The SMILES string of the molecule is CCCCCCCCCC/C=C\CCCCCCCCCCCCCCCCCCCCCCCCCCCCCC(=O)NC(CO)C(O)/C=C/CC/C=C/CCCCCCCCCCCCCC. The van der Waals surface area contributed by atoms with Crippen molar-refractivity contribution in [3.8, 4) is 0 Å². The summed E-state index contributed by atoms with van der Waals surface area (Å²) in [5.74, 6) is -0.0669. The monoisotopic (exact) mass is 968 g/mol. The molecule has 0 aromatic carbocycles. The topological polar surface area (TPSA) is 69.6 Å². The molecule has 1 amide bonds. The first-order valence-corrected chi connectivity index (χ1v) is 31.7. The Kier molecular flexibility index (Phi) is 59.7. The molecule has 4 nitrogen and oxygen atoms in total. The molecule has 0 spiro atoms. The van der Waals surface area contributed by atoms with Crippen molar-refractivity contribution in [2.45, 2.75) is 366 Å². The zero-order valence-corrected chi connectivity index (χ0v) is 47.1. The maximum atomic E-state index is 12.5. The Morgan fingerprint density at radius 2 is 0.565 bits per heavy atom. The lowest BCUT2D eigenvalue weighted by Gasteiger charge is -2.19. The van der Waals surface area contributed by atoms with Crippen LogP contribution < -0.4 is 5.32 Å². The lowest BCUT2D eigenvalue weighted by molar-refractivity contribution is -0.123. The fraction of sp³-hybridized carbons (Fsp3) is 0.892. The molecule has 69 heavy (non-hydrogen) atoms. The van der Waals surface area contributed by atoms with E-state index in [-0.39, 0.29) is 12.5 Å². The minimum atomic E-state index is -0.860. The second-order valence-corrected chi connectivity index (χ2v) is 21.8. The Bertz CT molecular complexity index is 1050. The summed E-state index contributed by atoms with van der Waals surface area (Å²) in [5.41, 5.74) is 0. The van der Waals surface area contributed by atoms with E-state index in [4.69, 9.17) is 0 Å². The van der Waals surface area contributed by atoms with E-state index < -0.39 is 12.1 Å². The molecule has 2 unspecified atom stereocenters. The van der Waals surface area contributed by atoms with E-state index >= 15 is 0 Å². The molecule has 2 atom stereocenters. The first kappa shape index (κ1) is 67.6. The number of unbranched alkanes of at least 4 members (excludes halogenated alkanes) is 48. The van der Waals surface area contributed by atoms with Gasteiger partial charge in [-0.25, -0.2) is 0 Å². The first-order valence-electron chi connectivity index (χ1n) is 31.7. The number of hydrogen-bond donors (Lipinski definition) is 3. The normalized spacial score (nSPS) is 12.9. The van der Waals surface area contributed by atoms with Crippen LogP contribution in [-0.4, -0.2) is 34.9 Å². The molecule has 0 aliphatic carbocycles. The molecule has 0 heterocycles. The molecule has 0 aromatic rings. The summed E-state index contributed by atoms with van der Waals surface area (Å²) in [5, 5.41) is 23.2. The van der Waals surface area contributed by atoms with Gasteiger partial charge in [-0.3, -0.25) is 4.79 Å². The molecule has 0 saturated carbocycles. The highest BCUT2D eigenvalue weighted by molar-refractivity contribution is 5.76. The van der Waals surface area contributed by atoms with E-state index in [0.29, 0.717) is 6.42 Å². The number of carbonyl (C=O) groups is 1. The Labute approximate surface area is 433 Å². The van der Waals surface area contributed by atoms with E-state index in [0.717, 1.165) is 32.1 Å². The molecule has 0 rings (SSSR count). The van der Waals surface area contributed by atoms with Crippen LogP contribution in [0.2, 0.25) is 0 Å². The second-order valence-electron chi connectivity index (χ2n) is 21.8. The molecule has 0 radical (unpaired) electrons. The summed E-state index contributed by atoms with van der Waals surface area (Å²) in [4.78, 5) is 12.5. The van der Waals surface area contributed by atoms with Crippen LogP contribution in [0.1, 0.15) is 354 Å². The van der Waals surface area contributed by atoms with Crippen molar-refractivity contribution < 1.29 is 15.0 Å².